The summed E-state index contributed by atoms with van der Waals surface area (Å²) in [6, 6.07) is 2.57. The van der Waals surface area contributed by atoms with E-state index in [1.54, 1.807) is 27.7 Å². The predicted octanol–water partition coefficient (Wildman–Crippen LogP) is 3.85. The summed E-state index contributed by atoms with van der Waals surface area (Å²) < 4.78 is 18.7. The van der Waals surface area contributed by atoms with Crippen LogP contribution in [0.3, 0.4) is 0 Å². The molecule has 1 rings (SSSR count). The van der Waals surface area contributed by atoms with Gasteiger partial charge in [-0.05, 0) is 61.3 Å². The highest BCUT2D eigenvalue weighted by atomic mass is 79.9. The smallest absolute Gasteiger partial charge is 0.340 e. The van der Waals surface area contributed by atoms with E-state index in [4.69, 9.17) is 4.74 Å². The number of ether oxygens (including phenoxy) is 1. The van der Waals surface area contributed by atoms with Crippen molar-refractivity contribution in [2.75, 3.05) is 0 Å². The van der Waals surface area contributed by atoms with Crippen molar-refractivity contribution in [3.63, 3.8) is 0 Å². The average Bonchev–Trinajstić information content (AvgIpc) is 1.96. The van der Waals surface area contributed by atoms with E-state index in [2.05, 4.69) is 15.9 Å². The van der Waals surface area contributed by atoms with E-state index in [1.165, 1.54) is 12.1 Å². The molecule has 0 atom stereocenters. The molecule has 0 saturated heterocycles. The Morgan fingerprint density at radius 2 is 1.94 bits per heavy atom. The highest BCUT2D eigenvalue weighted by Gasteiger charge is 2.21. The van der Waals surface area contributed by atoms with E-state index >= 15 is 0 Å². The standard InChI is InChI=1S/C12H14BrFO2/c1-7-5-8(14)6-9(13)10(7)11(15)16-12(2,3)4/h5-6H,1-4H3. The van der Waals surface area contributed by atoms with Crippen LogP contribution in [0.2, 0.25) is 0 Å². The number of carbonyl (C=O) groups is 1. The third-order valence-corrected chi connectivity index (χ3v) is 2.48. The van der Waals surface area contributed by atoms with Crippen LogP contribution in [0.5, 0.6) is 0 Å². The normalized spacial score (nSPS) is 11.4. The van der Waals surface area contributed by atoms with Gasteiger partial charge in [0, 0.05) is 4.47 Å². The maximum absolute atomic E-state index is 13.0. The highest BCUT2D eigenvalue weighted by molar-refractivity contribution is 9.10. The number of carbonyl (C=O) groups excluding carboxylic acids is 1. The van der Waals surface area contributed by atoms with E-state index in [0.29, 0.717) is 15.6 Å². The van der Waals surface area contributed by atoms with Gasteiger partial charge >= 0.3 is 5.97 Å². The van der Waals surface area contributed by atoms with Crippen LogP contribution in [0.1, 0.15) is 36.7 Å². The van der Waals surface area contributed by atoms with Gasteiger partial charge in [0.15, 0.2) is 0 Å². The van der Waals surface area contributed by atoms with Gasteiger partial charge in [0.2, 0.25) is 0 Å². The minimum absolute atomic E-state index is 0.372. The number of hydrogen-bond donors (Lipinski definition) is 0. The third-order valence-electron chi connectivity index (χ3n) is 1.86. The van der Waals surface area contributed by atoms with Crippen molar-refractivity contribution in [2.45, 2.75) is 33.3 Å². The zero-order chi connectivity index (χ0) is 12.5. The Kier molecular flexibility index (Phi) is 3.73. The van der Waals surface area contributed by atoms with Gasteiger partial charge in [-0.1, -0.05) is 0 Å². The quantitative estimate of drug-likeness (QED) is 0.734. The molecule has 0 radical (unpaired) electrons. The predicted molar refractivity (Wildman–Crippen MR) is 64.0 cm³/mol. The first-order valence-corrected chi connectivity index (χ1v) is 5.69. The molecule has 0 bridgehead atoms. The Balaban J connectivity index is 3.10. The van der Waals surface area contributed by atoms with Gasteiger partial charge in [-0.15, -0.1) is 0 Å². The number of hydrogen-bond acceptors (Lipinski definition) is 2. The number of halogens is 2. The summed E-state index contributed by atoms with van der Waals surface area (Å²) in [6.45, 7) is 7.04. The second-order valence-corrected chi connectivity index (χ2v) is 5.44. The zero-order valence-electron chi connectivity index (χ0n) is 9.73. The molecule has 0 amide bonds. The van der Waals surface area contributed by atoms with Gasteiger partial charge in [-0.25, -0.2) is 9.18 Å². The highest BCUT2D eigenvalue weighted by Crippen LogP contribution is 2.24. The molecule has 0 aliphatic carbocycles. The Hall–Kier alpha value is -0.900. The molecule has 2 nitrogen and oxygen atoms in total. The van der Waals surface area contributed by atoms with E-state index in [0.717, 1.165) is 0 Å². The first kappa shape index (κ1) is 13.2. The number of aryl methyl sites for hydroxylation is 1. The van der Waals surface area contributed by atoms with Crippen LogP contribution in [0.25, 0.3) is 0 Å². The van der Waals surface area contributed by atoms with Crippen molar-refractivity contribution >= 4 is 21.9 Å². The molecule has 16 heavy (non-hydrogen) atoms. The van der Waals surface area contributed by atoms with Crippen molar-refractivity contribution in [1.29, 1.82) is 0 Å². The van der Waals surface area contributed by atoms with Crippen LogP contribution in [0.15, 0.2) is 16.6 Å². The zero-order valence-corrected chi connectivity index (χ0v) is 11.3. The molecule has 0 spiro atoms. The second-order valence-electron chi connectivity index (χ2n) is 4.58. The molecule has 0 fully saturated rings. The molecule has 88 valence electrons. The fraction of sp³-hybridized carbons (Fsp3) is 0.417. The summed E-state index contributed by atoms with van der Waals surface area (Å²) in [7, 11) is 0. The Morgan fingerprint density at radius 1 is 1.38 bits per heavy atom. The SMILES string of the molecule is Cc1cc(F)cc(Br)c1C(=O)OC(C)(C)C. The van der Waals surface area contributed by atoms with Crippen LogP contribution < -0.4 is 0 Å². The topological polar surface area (TPSA) is 26.3 Å². The Labute approximate surface area is 103 Å². The Morgan fingerprint density at radius 3 is 2.38 bits per heavy atom. The molecule has 1 aromatic carbocycles. The lowest BCUT2D eigenvalue weighted by molar-refractivity contribution is 0.00677. The Bertz CT molecular complexity index is 399. The van der Waals surface area contributed by atoms with E-state index in [-0.39, 0.29) is 5.82 Å². The summed E-state index contributed by atoms with van der Waals surface area (Å²) in [5, 5.41) is 0. The average molecular weight is 289 g/mol. The van der Waals surface area contributed by atoms with E-state index in [1.807, 2.05) is 0 Å². The molecule has 0 aliphatic rings. The largest absolute Gasteiger partial charge is 0.456 e. The molecule has 0 unspecified atom stereocenters. The van der Waals surface area contributed by atoms with Gasteiger partial charge in [0.05, 0.1) is 5.56 Å². The third kappa shape index (κ3) is 3.30. The maximum Gasteiger partial charge on any atom is 0.340 e. The van der Waals surface area contributed by atoms with Gasteiger partial charge in [-0.3, -0.25) is 0 Å². The van der Waals surface area contributed by atoms with Crippen LogP contribution in [-0.4, -0.2) is 11.6 Å². The minimum Gasteiger partial charge on any atom is -0.456 e. The second kappa shape index (κ2) is 4.53. The summed E-state index contributed by atoms with van der Waals surface area (Å²) in [5.74, 6) is -0.825. The van der Waals surface area contributed by atoms with Gasteiger partial charge in [0.25, 0.3) is 0 Å². The van der Waals surface area contributed by atoms with Gasteiger partial charge in [0.1, 0.15) is 11.4 Å². The molecule has 0 heterocycles. The van der Waals surface area contributed by atoms with Crippen LogP contribution >= 0.6 is 15.9 Å². The van der Waals surface area contributed by atoms with E-state index < -0.39 is 11.6 Å². The molecular weight excluding hydrogens is 275 g/mol. The molecule has 0 saturated carbocycles. The summed E-state index contributed by atoms with van der Waals surface area (Å²) in [6.07, 6.45) is 0. The molecule has 0 aliphatic heterocycles. The summed E-state index contributed by atoms with van der Waals surface area (Å²) >= 11 is 3.17. The van der Waals surface area contributed by atoms with Crippen LogP contribution in [0, 0.1) is 12.7 Å². The lowest BCUT2D eigenvalue weighted by Gasteiger charge is -2.20. The van der Waals surface area contributed by atoms with Gasteiger partial charge in [-0.2, -0.15) is 0 Å². The van der Waals surface area contributed by atoms with Gasteiger partial charge < -0.3 is 4.74 Å². The lowest BCUT2D eigenvalue weighted by atomic mass is 10.1. The molecule has 0 N–H and O–H groups in total. The van der Waals surface area contributed by atoms with Crippen molar-refractivity contribution in [2.24, 2.45) is 0 Å². The van der Waals surface area contributed by atoms with Crippen molar-refractivity contribution < 1.29 is 13.9 Å². The molecule has 4 heteroatoms. The van der Waals surface area contributed by atoms with Crippen LogP contribution in [0.4, 0.5) is 4.39 Å². The fourth-order valence-corrected chi connectivity index (χ4v) is 1.98. The molecular formula is C12H14BrFO2. The first-order valence-electron chi connectivity index (χ1n) is 4.90. The molecule has 0 aromatic heterocycles. The summed E-state index contributed by atoms with van der Waals surface area (Å²) in [5.41, 5.74) is 0.370. The lowest BCUT2D eigenvalue weighted by Crippen LogP contribution is -2.24. The first-order chi connectivity index (χ1) is 7.20. The van der Waals surface area contributed by atoms with Crippen LogP contribution in [-0.2, 0) is 4.74 Å². The van der Waals surface area contributed by atoms with Crippen molar-refractivity contribution in [3.8, 4) is 0 Å². The monoisotopic (exact) mass is 288 g/mol. The summed E-state index contributed by atoms with van der Waals surface area (Å²) in [4.78, 5) is 11.8. The maximum atomic E-state index is 13.0. The fourth-order valence-electron chi connectivity index (χ4n) is 1.29. The van der Waals surface area contributed by atoms with Crippen molar-refractivity contribution in [3.05, 3.63) is 33.5 Å². The van der Waals surface area contributed by atoms with E-state index in [9.17, 15) is 9.18 Å². The minimum atomic E-state index is -0.558. The number of benzene rings is 1. The number of esters is 1. The number of rotatable bonds is 1. The van der Waals surface area contributed by atoms with Crippen molar-refractivity contribution in [1.82, 2.24) is 0 Å². The molecule has 1 aromatic rings.